The second-order valence-corrected chi connectivity index (χ2v) is 4.00. The molecule has 0 unspecified atom stereocenters. The van der Waals surface area contributed by atoms with Gasteiger partial charge < -0.3 is 9.47 Å². The van der Waals surface area contributed by atoms with Crippen LogP contribution in [0.5, 0.6) is 11.5 Å². The summed E-state index contributed by atoms with van der Waals surface area (Å²) in [6, 6.07) is 6.51. The van der Waals surface area contributed by atoms with Gasteiger partial charge in [0, 0.05) is 0 Å². The zero-order chi connectivity index (χ0) is 16.3. The molecule has 0 saturated heterocycles. The first-order chi connectivity index (χ1) is 10.3. The van der Waals surface area contributed by atoms with Gasteiger partial charge in [-0.3, -0.25) is 0 Å². The highest BCUT2D eigenvalue weighted by molar-refractivity contribution is 5.68. The molecule has 0 aromatic heterocycles. The Labute approximate surface area is 120 Å². The lowest BCUT2D eigenvalue weighted by Crippen LogP contribution is -2.18. The zero-order valence-electron chi connectivity index (χ0n) is 10.7. The Morgan fingerprint density at radius 1 is 0.864 bits per heavy atom. The molecule has 0 fully saturated rings. The molecule has 0 bridgehead atoms. The normalized spacial score (nSPS) is 11.1. The van der Waals surface area contributed by atoms with Gasteiger partial charge in [0.15, 0.2) is 11.6 Å². The number of ether oxygens (including phenoxy) is 2. The monoisotopic (exact) mass is 318 g/mol. The number of carbonyl (C=O) groups is 1. The van der Waals surface area contributed by atoms with Gasteiger partial charge in [0.1, 0.15) is 5.75 Å². The van der Waals surface area contributed by atoms with E-state index < -0.39 is 41.0 Å². The van der Waals surface area contributed by atoms with Crippen molar-refractivity contribution >= 4 is 6.16 Å². The van der Waals surface area contributed by atoms with Crippen LogP contribution in [0.15, 0.2) is 42.5 Å². The molecule has 0 aliphatic rings. The summed E-state index contributed by atoms with van der Waals surface area (Å²) >= 11 is 0. The fourth-order valence-electron chi connectivity index (χ4n) is 1.56. The molecule has 8 heteroatoms. The van der Waals surface area contributed by atoms with E-state index in [1.807, 2.05) is 0 Å². The first kappa shape index (κ1) is 15.7. The summed E-state index contributed by atoms with van der Waals surface area (Å²) in [5, 5.41) is 0. The average molecular weight is 318 g/mol. The van der Waals surface area contributed by atoms with Crippen molar-refractivity contribution in [2.45, 2.75) is 6.18 Å². The number of hydrogen-bond acceptors (Lipinski definition) is 3. The maximum Gasteiger partial charge on any atom is 0.519 e. The Bertz CT molecular complexity index is 677. The summed E-state index contributed by atoms with van der Waals surface area (Å²) in [6.07, 6.45) is -6.46. The van der Waals surface area contributed by atoms with Crippen LogP contribution in [0.3, 0.4) is 0 Å². The van der Waals surface area contributed by atoms with E-state index in [0.717, 1.165) is 30.3 Å². The van der Waals surface area contributed by atoms with Gasteiger partial charge in [-0.15, -0.1) is 0 Å². The van der Waals surface area contributed by atoms with Gasteiger partial charge in [-0.2, -0.15) is 13.2 Å². The van der Waals surface area contributed by atoms with E-state index in [1.165, 1.54) is 6.07 Å². The highest BCUT2D eigenvalue weighted by Crippen LogP contribution is 2.36. The Balaban J connectivity index is 2.20. The van der Waals surface area contributed by atoms with E-state index in [1.54, 1.807) is 0 Å². The van der Waals surface area contributed by atoms with Gasteiger partial charge in [-0.1, -0.05) is 18.2 Å². The number of halogens is 5. The fraction of sp³-hybridized carbons (Fsp3) is 0.0714. The van der Waals surface area contributed by atoms with Gasteiger partial charge in [-0.05, 0) is 24.3 Å². The van der Waals surface area contributed by atoms with Crippen molar-refractivity contribution in [3.05, 3.63) is 59.7 Å². The van der Waals surface area contributed by atoms with E-state index in [9.17, 15) is 26.7 Å². The van der Waals surface area contributed by atoms with E-state index in [-0.39, 0.29) is 0 Å². The molecule has 0 atom stereocenters. The van der Waals surface area contributed by atoms with Gasteiger partial charge in [-0.25, -0.2) is 13.6 Å². The predicted octanol–water partition coefficient (Wildman–Crippen LogP) is 4.56. The van der Waals surface area contributed by atoms with Crippen LogP contribution in [0.25, 0.3) is 0 Å². The molecule has 22 heavy (non-hydrogen) atoms. The molecule has 2 aromatic carbocycles. The van der Waals surface area contributed by atoms with Crippen LogP contribution < -0.4 is 9.47 Å². The summed E-state index contributed by atoms with van der Waals surface area (Å²) in [7, 11) is 0. The average Bonchev–Trinajstić information content (AvgIpc) is 2.42. The van der Waals surface area contributed by atoms with Crippen molar-refractivity contribution < 1.29 is 36.2 Å². The molecule has 2 rings (SSSR count). The highest BCUT2D eigenvalue weighted by Gasteiger charge is 2.35. The van der Waals surface area contributed by atoms with Crippen LogP contribution >= 0.6 is 0 Å². The van der Waals surface area contributed by atoms with Crippen LogP contribution in [0, 0.1) is 11.6 Å². The third-order valence-corrected chi connectivity index (χ3v) is 2.49. The van der Waals surface area contributed by atoms with Crippen LogP contribution in [-0.2, 0) is 6.18 Å². The number of carbonyl (C=O) groups excluding carboxylic acids is 1. The molecule has 2 aromatic rings. The number of benzene rings is 2. The second-order valence-electron chi connectivity index (χ2n) is 4.00. The summed E-state index contributed by atoms with van der Waals surface area (Å²) in [5.74, 6) is -4.28. The van der Waals surface area contributed by atoms with Crippen LogP contribution in [0.1, 0.15) is 5.56 Å². The number of rotatable bonds is 2. The minimum absolute atomic E-state index is 0.687. The number of para-hydroxylation sites is 2. The van der Waals surface area contributed by atoms with E-state index in [4.69, 9.17) is 0 Å². The minimum Gasteiger partial charge on any atom is -0.394 e. The highest BCUT2D eigenvalue weighted by atomic mass is 19.4. The first-order valence-electron chi connectivity index (χ1n) is 5.79. The summed E-state index contributed by atoms with van der Waals surface area (Å²) < 4.78 is 73.3. The molecule has 3 nitrogen and oxygen atoms in total. The molecule has 0 aliphatic heterocycles. The molecule has 0 N–H and O–H groups in total. The molecule has 0 heterocycles. The molecule has 0 saturated carbocycles. The van der Waals surface area contributed by atoms with Gasteiger partial charge in [0.25, 0.3) is 0 Å². The maximum absolute atomic E-state index is 13.3. The predicted molar refractivity (Wildman–Crippen MR) is 64.5 cm³/mol. The summed E-state index contributed by atoms with van der Waals surface area (Å²) in [5.41, 5.74) is -1.22. The van der Waals surface area contributed by atoms with Gasteiger partial charge >= 0.3 is 12.3 Å². The molecular weight excluding hydrogens is 311 g/mol. The summed E-state index contributed by atoms with van der Waals surface area (Å²) in [4.78, 5) is 11.4. The Morgan fingerprint density at radius 2 is 1.45 bits per heavy atom. The lowest BCUT2D eigenvalue weighted by Gasteiger charge is -2.12. The Morgan fingerprint density at radius 3 is 2.05 bits per heavy atom. The molecule has 0 spiro atoms. The third kappa shape index (κ3) is 3.51. The quantitative estimate of drug-likeness (QED) is 0.462. The van der Waals surface area contributed by atoms with E-state index >= 15 is 0 Å². The summed E-state index contributed by atoms with van der Waals surface area (Å²) in [6.45, 7) is 0. The molecular formula is C14H7F5O3. The van der Waals surface area contributed by atoms with Crippen molar-refractivity contribution in [2.75, 3.05) is 0 Å². The lowest BCUT2D eigenvalue weighted by atomic mass is 10.2. The van der Waals surface area contributed by atoms with Crippen LogP contribution in [-0.4, -0.2) is 6.16 Å². The fourth-order valence-corrected chi connectivity index (χ4v) is 1.56. The maximum atomic E-state index is 13.3. The van der Waals surface area contributed by atoms with Crippen molar-refractivity contribution in [3.63, 3.8) is 0 Å². The van der Waals surface area contributed by atoms with Crippen LogP contribution in [0.4, 0.5) is 26.7 Å². The van der Waals surface area contributed by atoms with Gasteiger partial charge in [0.05, 0.1) is 5.56 Å². The lowest BCUT2D eigenvalue weighted by molar-refractivity contribution is -0.138. The number of alkyl halides is 3. The second kappa shape index (κ2) is 6.00. The van der Waals surface area contributed by atoms with Crippen molar-refractivity contribution in [1.29, 1.82) is 0 Å². The smallest absolute Gasteiger partial charge is 0.394 e. The molecule has 0 amide bonds. The van der Waals surface area contributed by atoms with Crippen molar-refractivity contribution in [1.82, 2.24) is 0 Å². The van der Waals surface area contributed by atoms with E-state index in [2.05, 4.69) is 9.47 Å². The standard InChI is InChI=1S/C14H7F5O3/c15-9-5-3-6-10(16)12(9)22-13(20)21-11-7-2-1-4-8(11)14(17,18)19/h1-7H. The molecule has 116 valence electrons. The molecule has 0 radical (unpaired) electrons. The SMILES string of the molecule is O=C(Oc1ccccc1C(F)(F)F)Oc1c(F)cccc1F. The third-order valence-electron chi connectivity index (χ3n) is 2.49. The topological polar surface area (TPSA) is 35.5 Å². The number of hydrogen-bond donors (Lipinski definition) is 0. The van der Waals surface area contributed by atoms with Crippen LogP contribution in [0.2, 0.25) is 0 Å². The van der Waals surface area contributed by atoms with Gasteiger partial charge in [0.2, 0.25) is 5.75 Å². The van der Waals surface area contributed by atoms with E-state index in [0.29, 0.717) is 6.07 Å². The first-order valence-corrected chi connectivity index (χ1v) is 5.79. The Kier molecular flexibility index (Phi) is 4.30. The molecule has 0 aliphatic carbocycles. The van der Waals surface area contributed by atoms with Crippen molar-refractivity contribution in [3.8, 4) is 11.5 Å². The zero-order valence-corrected chi connectivity index (χ0v) is 10.7. The minimum atomic E-state index is -4.76. The largest absolute Gasteiger partial charge is 0.519 e. The van der Waals surface area contributed by atoms with Crippen molar-refractivity contribution in [2.24, 2.45) is 0 Å². The Hall–Kier alpha value is -2.64.